The summed E-state index contributed by atoms with van der Waals surface area (Å²) in [6.07, 6.45) is 0. The molecule has 0 spiro atoms. The van der Waals surface area contributed by atoms with Crippen LogP contribution in [0.2, 0.25) is 0 Å². The molecule has 0 aliphatic carbocycles. The summed E-state index contributed by atoms with van der Waals surface area (Å²) in [5.41, 5.74) is 1.02. The fourth-order valence-electron chi connectivity index (χ4n) is 1.57. The van der Waals surface area contributed by atoms with Crippen LogP contribution < -0.4 is 4.74 Å². The predicted octanol–water partition coefficient (Wildman–Crippen LogP) is 3.18. The van der Waals surface area contributed by atoms with Crippen molar-refractivity contribution >= 4 is 12.2 Å². The van der Waals surface area contributed by atoms with Crippen LogP contribution in [0.25, 0.3) is 11.4 Å². The molecule has 96 valence electrons. The topological polar surface area (TPSA) is 42.8 Å². The number of benzene rings is 1. The molecule has 0 aliphatic rings. The summed E-state index contributed by atoms with van der Waals surface area (Å²) < 4.78 is 8.10. The van der Waals surface area contributed by atoms with Gasteiger partial charge in [-0.2, -0.15) is 5.10 Å². The second-order valence-electron chi connectivity index (χ2n) is 4.64. The Bertz CT molecular complexity index is 569. The molecule has 0 saturated heterocycles. The Morgan fingerprint density at radius 3 is 2.50 bits per heavy atom. The summed E-state index contributed by atoms with van der Waals surface area (Å²) in [7, 11) is 1.89. The van der Waals surface area contributed by atoms with Gasteiger partial charge in [0.1, 0.15) is 5.75 Å². The first kappa shape index (κ1) is 12.8. The molecule has 0 amide bonds. The zero-order valence-electron chi connectivity index (χ0n) is 10.8. The van der Waals surface area contributed by atoms with E-state index >= 15 is 0 Å². The van der Waals surface area contributed by atoms with Crippen LogP contribution in [0.1, 0.15) is 13.8 Å². The van der Waals surface area contributed by atoms with E-state index in [-0.39, 0.29) is 0 Å². The number of rotatable bonds is 4. The van der Waals surface area contributed by atoms with Crippen molar-refractivity contribution in [2.45, 2.75) is 13.8 Å². The standard InChI is InChI=1S/C13H17N3OS/c1-9(2)8-17-11-6-4-10(5-7-11)12-14-15-13(18)16(12)3/h4-7,9H,8H2,1-3H3,(H,15,18). The van der Waals surface area contributed by atoms with Gasteiger partial charge in [0.05, 0.1) is 6.61 Å². The van der Waals surface area contributed by atoms with Crippen molar-refractivity contribution in [1.82, 2.24) is 14.8 Å². The lowest BCUT2D eigenvalue weighted by molar-refractivity contribution is 0.271. The highest BCUT2D eigenvalue weighted by Gasteiger charge is 2.05. The lowest BCUT2D eigenvalue weighted by Gasteiger charge is -2.09. The Morgan fingerprint density at radius 2 is 2.00 bits per heavy atom. The predicted molar refractivity (Wildman–Crippen MR) is 74.2 cm³/mol. The number of aromatic amines is 1. The van der Waals surface area contributed by atoms with Crippen molar-refractivity contribution in [2.24, 2.45) is 13.0 Å². The maximum absolute atomic E-state index is 5.64. The van der Waals surface area contributed by atoms with Crippen molar-refractivity contribution in [3.05, 3.63) is 29.0 Å². The lowest BCUT2D eigenvalue weighted by atomic mass is 10.2. The zero-order valence-corrected chi connectivity index (χ0v) is 11.6. The lowest BCUT2D eigenvalue weighted by Crippen LogP contribution is -2.04. The zero-order chi connectivity index (χ0) is 13.1. The van der Waals surface area contributed by atoms with Crippen LogP contribution in [0.5, 0.6) is 5.75 Å². The Morgan fingerprint density at radius 1 is 1.33 bits per heavy atom. The summed E-state index contributed by atoms with van der Waals surface area (Å²) in [4.78, 5) is 0. The number of nitrogens with zero attached hydrogens (tertiary/aromatic N) is 2. The molecule has 2 rings (SSSR count). The van der Waals surface area contributed by atoms with E-state index in [9.17, 15) is 0 Å². The van der Waals surface area contributed by atoms with E-state index in [0.29, 0.717) is 10.7 Å². The molecule has 0 unspecified atom stereocenters. The van der Waals surface area contributed by atoms with Gasteiger partial charge in [0.2, 0.25) is 0 Å². The third-order valence-corrected chi connectivity index (χ3v) is 2.94. The Hall–Kier alpha value is -1.62. The van der Waals surface area contributed by atoms with Crippen molar-refractivity contribution < 1.29 is 4.74 Å². The molecule has 18 heavy (non-hydrogen) atoms. The first-order valence-electron chi connectivity index (χ1n) is 5.92. The van der Waals surface area contributed by atoms with Crippen LogP contribution in [0.3, 0.4) is 0 Å². The molecule has 1 aromatic carbocycles. The van der Waals surface area contributed by atoms with Crippen LogP contribution in [0.4, 0.5) is 0 Å². The van der Waals surface area contributed by atoms with E-state index in [1.807, 2.05) is 35.9 Å². The number of ether oxygens (including phenoxy) is 1. The van der Waals surface area contributed by atoms with Gasteiger partial charge in [-0.25, -0.2) is 0 Å². The van der Waals surface area contributed by atoms with E-state index in [0.717, 1.165) is 23.7 Å². The molecule has 0 saturated carbocycles. The first-order valence-corrected chi connectivity index (χ1v) is 6.33. The summed E-state index contributed by atoms with van der Waals surface area (Å²) in [5, 5.41) is 6.97. The monoisotopic (exact) mass is 263 g/mol. The van der Waals surface area contributed by atoms with Gasteiger partial charge < -0.3 is 9.30 Å². The molecule has 1 N–H and O–H groups in total. The molecule has 0 fully saturated rings. The quantitative estimate of drug-likeness (QED) is 0.861. The number of hydrogen-bond donors (Lipinski definition) is 1. The molecule has 1 heterocycles. The van der Waals surface area contributed by atoms with Crippen LogP contribution in [-0.4, -0.2) is 21.4 Å². The van der Waals surface area contributed by atoms with Gasteiger partial charge in [-0.3, -0.25) is 5.10 Å². The SMILES string of the molecule is CC(C)COc1ccc(-c2n[nH]c(=S)n2C)cc1. The van der Waals surface area contributed by atoms with Crippen LogP contribution in [0, 0.1) is 10.7 Å². The van der Waals surface area contributed by atoms with E-state index < -0.39 is 0 Å². The minimum atomic E-state index is 0.525. The van der Waals surface area contributed by atoms with Crippen molar-refractivity contribution in [2.75, 3.05) is 6.61 Å². The molecule has 5 heteroatoms. The molecular weight excluding hydrogens is 246 g/mol. The molecule has 0 atom stereocenters. The fraction of sp³-hybridized carbons (Fsp3) is 0.385. The van der Waals surface area contributed by atoms with Gasteiger partial charge in [-0.05, 0) is 42.4 Å². The van der Waals surface area contributed by atoms with Crippen LogP contribution in [0.15, 0.2) is 24.3 Å². The smallest absolute Gasteiger partial charge is 0.195 e. The van der Waals surface area contributed by atoms with Crippen molar-refractivity contribution in [1.29, 1.82) is 0 Å². The normalized spacial score (nSPS) is 10.9. The minimum Gasteiger partial charge on any atom is -0.493 e. The van der Waals surface area contributed by atoms with E-state index in [2.05, 4.69) is 24.0 Å². The van der Waals surface area contributed by atoms with E-state index in [1.54, 1.807) is 0 Å². The highest BCUT2D eigenvalue weighted by molar-refractivity contribution is 7.71. The molecule has 0 bridgehead atoms. The summed E-state index contributed by atoms with van der Waals surface area (Å²) in [6.45, 7) is 4.98. The van der Waals surface area contributed by atoms with Crippen LogP contribution >= 0.6 is 12.2 Å². The Labute approximate surface area is 112 Å². The van der Waals surface area contributed by atoms with Gasteiger partial charge in [0.15, 0.2) is 10.6 Å². The highest BCUT2D eigenvalue weighted by atomic mass is 32.1. The molecular formula is C13H17N3OS. The second-order valence-corrected chi connectivity index (χ2v) is 5.03. The van der Waals surface area contributed by atoms with E-state index in [4.69, 9.17) is 17.0 Å². The molecule has 0 radical (unpaired) electrons. The third-order valence-electron chi connectivity index (χ3n) is 2.58. The van der Waals surface area contributed by atoms with E-state index in [1.165, 1.54) is 0 Å². The van der Waals surface area contributed by atoms with Gasteiger partial charge in [0.25, 0.3) is 0 Å². The highest BCUT2D eigenvalue weighted by Crippen LogP contribution is 2.20. The maximum atomic E-state index is 5.64. The van der Waals surface area contributed by atoms with Crippen molar-refractivity contribution in [3.63, 3.8) is 0 Å². The molecule has 0 aliphatic heterocycles. The fourth-order valence-corrected chi connectivity index (χ4v) is 1.70. The van der Waals surface area contributed by atoms with Gasteiger partial charge in [0, 0.05) is 12.6 Å². The van der Waals surface area contributed by atoms with Gasteiger partial charge in [-0.15, -0.1) is 0 Å². The Balaban J connectivity index is 2.17. The number of nitrogens with one attached hydrogen (secondary N) is 1. The Kier molecular flexibility index (Phi) is 3.81. The number of aromatic nitrogens is 3. The maximum Gasteiger partial charge on any atom is 0.195 e. The third kappa shape index (κ3) is 2.79. The summed E-state index contributed by atoms with van der Waals surface area (Å²) >= 11 is 5.09. The molecule has 4 nitrogen and oxygen atoms in total. The number of H-pyrrole nitrogens is 1. The second kappa shape index (κ2) is 5.35. The molecule has 2 aromatic rings. The largest absolute Gasteiger partial charge is 0.493 e. The average molecular weight is 263 g/mol. The van der Waals surface area contributed by atoms with Gasteiger partial charge in [-0.1, -0.05) is 13.8 Å². The average Bonchev–Trinajstić information content (AvgIpc) is 2.68. The summed E-state index contributed by atoms with van der Waals surface area (Å²) in [5.74, 6) is 2.23. The minimum absolute atomic E-state index is 0.525. The van der Waals surface area contributed by atoms with Crippen LogP contribution in [-0.2, 0) is 7.05 Å². The van der Waals surface area contributed by atoms with Gasteiger partial charge >= 0.3 is 0 Å². The number of hydrogen-bond acceptors (Lipinski definition) is 3. The first-order chi connectivity index (χ1) is 8.58. The summed E-state index contributed by atoms with van der Waals surface area (Å²) in [6, 6.07) is 7.88. The van der Waals surface area contributed by atoms with Crippen molar-refractivity contribution in [3.8, 4) is 17.1 Å². The molecule has 1 aromatic heterocycles.